The van der Waals surface area contributed by atoms with Crippen LogP contribution in [0, 0.1) is 14.3 Å². The Hall–Kier alpha value is -0.230. The second-order valence-corrected chi connectivity index (χ2v) is 3.65. The number of hydrogen-bond acceptors (Lipinski definition) is 2. The van der Waals surface area contributed by atoms with Gasteiger partial charge in [-0.2, -0.15) is 0 Å². The number of alkyl halides is 1. The molecule has 0 aliphatic rings. The van der Waals surface area contributed by atoms with Crippen molar-refractivity contribution >= 4 is 34.2 Å². The van der Waals surface area contributed by atoms with Crippen molar-refractivity contribution in [1.82, 2.24) is 0 Å². The van der Waals surface area contributed by atoms with E-state index in [1.54, 1.807) is 12.1 Å². The van der Waals surface area contributed by atoms with Crippen LogP contribution < -0.4 is 0 Å². The monoisotopic (exact) mass is 299 g/mol. The van der Waals surface area contributed by atoms with Gasteiger partial charge in [0, 0.05) is 9.13 Å². The van der Waals surface area contributed by atoms with Gasteiger partial charge in [0.25, 0.3) is 0 Å². The second-order valence-electron chi connectivity index (χ2n) is 2.08. The van der Waals surface area contributed by atoms with Gasteiger partial charge in [-0.05, 0) is 39.9 Å². The summed E-state index contributed by atoms with van der Waals surface area (Å²) in [7, 11) is 0. The quantitative estimate of drug-likeness (QED) is 0.356. The van der Waals surface area contributed by atoms with Crippen LogP contribution in [0.3, 0.4) is 0 Å². The van der Waals surface area contributed by atoms with Gasteiger partial charge in [0.05, 0.1) is 0 Å². The zero-order valence-electron chi connectivity index (χ0n) is 5.80. The first-order valence-electron chi connectivity index (χ1n) is 3.07. The minimum absolute atomic E-state index is 0.148. The van der Waals surface area contributed by atoms with E-state index in [0.29, 0.717) is 3.57 Å². The molecule has 0 aliphatic heterocycles. The number of benzene rings is 1. The molecule has 5 heteroatoms. The first-order valence-corrected chi connectivity index (χ1v) is 4.58. The van der Waals surface area contributed by atoms with E-state index >= 15 is 0 Å². The third-order valence-corrected chi connectivity index (χ3v) is 2.57. The van der Waals surface area contributed by atoms with E-state index in [-0.39, 0.29) is 5.56 Å². The molecule has 2 nitrogen and oxygen atoms in total. The third-order valence-electron chi connectivity index (χ3n) is 1.33. The normalized spacial score (nSPS) is 12.6. The average molecular weight is 299 g/mol. The molecule has 1 aromatic carbocycles. The van der Waals surface area contributed by atoms with Crippen LogP contribution >= 0.6 is 34.2 Å². The highest BCUT2D eigenvalue weighted by Crippen LogP contribution is 2.28. The lowest BCUT2D eigenvalue weighted by atomic mass is 10.2. The van der Waals surface area contributed by atoms with Crippen molar-refractivity contribution in [3.8, 4) is 0 Å². The minimum atomic E-state index is -1.14. The molecular formula is C7H4ClFINO. The maximum absolute atomic E-state index is 13.0. The topological polar surface area (TPSA) is 29.4 Å². The Balaban J connectivity index is 3.20. The molecule has 0 saturated heterocycles. The maximum Gasteiger partial charge on any atom is 0.194 e. The standard InChI is InChI=1S/C7H4ClFINO/c8-7(11-12)6-4(9)2-1-3-5(6)10/h1-3,7H. The second kappa shape index (κ2) is 4.13. The zero-order chi connectivity index (χ0) is 9.14. The van der Waals surface area contributed by atoms with E-state index in [1.807, 2.05) is 22.6 Å². The first-order chi connectivity index (χ1) is 5.66. The van der Waals surface area contributed by atoms with E-state index < -0.39 is 11.3 Å². The van der Waals surface area contributed by atoms with E-state index in [9.17, 15) is 9.30 Å². The summed E-state index contributed by atoms with van der Waals surface area (Å²) >= 11 is 7.38. The zero-order valence-corrected chi connectivity index (χ0v) is 8.71. The van der Waals surface area contributed by atoms with Crippen LogP contribution in [0.2, 0.25) is 0 Å². The lowest BCUT2D eigenvalue weighted by Gasteiger charge is -2.04. The van der Waals surface area contributed by atoms with Crippen molar-refractivity contribution in [3.05, 3.63) is 38.1 Å². The highest BCUT2D eigenvalue weighted by molar-refractivity contribution is 14.1. The summed E-state index contributed by atoms with van der Waals surface area (Å²) in [4.78, 5) is 10.1. The van der Waals surface area contributed by atoms with Crippen molar-refractivity contribution in [1.29, 1.82) is 0 Å². The van der Waals surface area contributed by atoms with Crippen LogP contribution in [-0.2, 0) is 0 Å². The summed E-state index contributed by atoms with van der Waals surface area (Å²) in [5, 5.41) is 2.55. The summed E-state index contributed by atoms with van der Waals surface area (Å²) in [6.07, 6.45) is 0. The lowest BCUT2D eigenvalue weighted by Crippen LogP contribution is -1.94. The predicted octanol–water partition coefficient (Wildman–Crippen LogP) is 3.43. The number of hydrogen-bond donors (Lipinski definition) is 0. The predicted molar refractivity (Wildman–Crippen MR) is 53.5 cm³/mol. The highest BCUT2D eigenvalue weighted by Gasteiger charge is 2.15. The molecule has 1 aromatic rings. The number of nitroso groups, excluding NO2 is 1. The number of nitrogens with zero attached hydrogens (tertiary/aromatic N) is 1. The molecule has 1 rings (SSSR count). The number of rotatable bonds is 2. The average Bonchev–Trinajstić information content (AvgIpc) is 2.03. The summed E-state index contributed by atoms with van der Waals surface area (Å²) in [5.74, 6) is -0.499. The Kier molecular flexibility index (Phi) is 3.39. The lowest BCUT2D eigenvalue weighted by molar-refractivity contribution is 0.606. The van der Waals surface area contributed by atoms with Crippen molar-refractivity contribution in [2.75, 3.05) is 0 Å². The van der Waals surface area contributed by atoms with Gasteiger partial charge in [-0.3, -0.25) is 0 Å². The van der Waals surface area contributed by atoms with E-state index in [0.717, 1.165) is 0 Å². The SMILES string of the molecule is O=NC(Cl)c1c(F)cccc1I. The fraction of sp³-hybridized carbons (Fsp3) is 0.143. The van der Waals surface area contributed by atoms with Gasteiger partial charge in [0.1, 0.15) is 5.82 Å². The Bertz CT molecular complexity index is 287. The summed E-state index contributed by atoms with van der Waals surface area (Å²) in [6, 6.07) is 4.46. The molecule has 0 saturated carbocycles. The van der Waals surface area contributed by atoms with Crippen LogP contribution in [0.5, 0.6) is 0 Å². The van der Waals surface area contributed by atoms with E-state index in [4.69, 9.17) is 11.6 Å². The molecule has 1 unspecified atom stereocenters. The van der Waals surface area contributed by atoms with Crippen molar-refractivity contribution in [2.45, 2.75) is 5.50 Å². The third kappa shape index (κ3) is 1.92. The van der Waals surface area contributed by atoms with Crippen molar-refractivity contribution in [3.63, 3.8) is 0 Å². The first kappa shape index (κ1) is 9.85. The summed E-state index contributed by atoms with van der Waals surface area (Å²) in [5.41, 5.74) is -0.993. The molecule has 1 atom stereocenters. The Morgan fingerprint density at radius 3 is 2.75 bits per heavy atom. The molecule has 0 spiro atoms. The minimum Gasteiger partial charge on any atom is -0.207 e. The molecule has 12 heavy (non-hydrogen) atoms. The fourth-order valence-electron chi connectivity index (χ4n) is 0.791. The van der Waals surface area contributed by atoms with Gasteiger partial charge < -0.3 is 0 Å². The maximum atomic E-state index is 13.0. The number of halogens is 3. The van der Waals surface area contributed by atoms with Crippen molar-refractivity contribution in [2.24, 2.45) is 5.18 Å². The largest absolute Gasteiger partial charge is 0.207 e. The highest BCUT2D eigenvalue weighted by atomic mass is 127. The Labute approximate surface area is 87.2 Å². The molecule has 0 amide bonds. The molecule has 0 bridgehead atoms. The van der Waals surface area contributed by atoms with Crippen LogP contribution in [0.1, 0.15) is 11.1 Å². The molecule has 64 valence electrons. The fourth-order valence-corrected chi connectivity index (χ4v) is 1.96. The van der Waals surface area contributed by atoms with E-state index in [2.05, 4.69) is 5.18 Å². The van der Waals surface area contributed by atoms with Gasteiger partial charge in [-0.25, -0.2) is 4.39 Å². The molecule has 0 fully saturated rings. The molecule has 0 radical (unpaired) electrons. The van der Waals surface area contributed by atoms with Crippen LogP contribution in [0.25, 0.3) is 0 Å². The Morgan fingerprint density at radius 2 is 2.25 bits per heavy atom. The van der Waals surface area contributed by atoms with Crippen molar-refractivity contribution < 1.29 is 4.39 Å². The van der Waals surface area contributed by atoms with Gasteiger partial charge >= 0.3 is 0 Å². The van der Waals surface area contributed by atoms with Gasteiger partial charge in [-0.1, -0.05) is 17.7 Å². The molecular weight excluding hydrogens is 295 g/mol. The smallest absolute Gasteiger partial charge is 0.194 e. The van der Waals surface area contributed by atoms with Crippen LogP contribution in [0.15, 0.2) is 23.4 Å². The Morgan fingerprint density at radius 1 is 1.58 bits per heavy atom. The van der Waals surface area contributed by atoms with Gasteiger partial charge in [0.15, 0.2) is 5.50 Å². The van der Waals surface area contributed by atoms with Crippen LogP contribution in [-0.4, -0.2) is 0 Å². The molecule has 0 heterocycles. The molecule has 0 N–H and O–H groups in total. The molecule has 0 aliphatic carbocycles. The van der Waals surface area contributed by atoms with E-state index in [1.165, 1.54) is 6.07 Å². The summed E-state index contributed by atoms with van der Waals surface area (Å²) in [6.45, 7) is 0. The summed E-state index contributed by atoms with van der Waals surface area (Å²) < 4.78 is 13.6. The molecule has 0 aromatic heterocycles. The van der Waals surface area contributed by atoms with Gasteiger partial charge in [-0.15, -0.1) is 4.91 Å². The van der Waals surface area contributed by atoms with Crippen LogP contribution in [0.4, 0.5) is 4.39 Å². The van der Waals surface area contributed by atoms with Gasteiger partial charge in [0.2, 0.25) is 0 Å².